The summed E-state index contributed by atoms with van der Waals surface area (Å²) in [6.45, 7) is 5.12. The number of carbonyl (C=O) groups excluding carboxylic acids is 2. The number of carbonyl (C=O) groups is 2. The molecule has 0 atom stereocenters. The van der Waals surface area contributed by atoms with Crippen molar-refractivity contribution in [1.82, 2.24) is 35.2 Å². The summed E-state index contributed by atoms with van der Waals surface area (Å²) < 4.78 is 14.2. The van der Waals surface area contributed by atoms with Crippen molar-refractivity contribution < 1.29 is 14.0 Å². The maximum Gasteiger partial charge on any atom is 0.274 e. The van der Waals surface area contributed by atoms with Crippen molar-refractivity contribution in [2.24, 2.45) is 7.05 Å². The van der Waals surface area contributed by atoms with Crippen molar-refractivity contribution in [2.75, 3.05) is 20.3 Å². The summed E-state index contributed by atoms with van der Waals surface area (Å²) in [5.74, 6) is 0.168. The van der Waals surface area contributed by atoms with Crippen LogP contribution in [0.15, 0.2) is 30.1 Å². The van der Waals surface area contributed by atoms with E-state index in [4.69, 9.17) is 0 Å². The number of aromatic amines is 1. The predicted molar refractivity (Wildman–Crippen MR) is 121 cm³/mol. The molecule has 0 bridgehead atoms. The summed E-state index contributed by atoms with van der Waals surface area (Å²) in [6.07, 6.45) is 10.3. The highest BCUT2D eigenvalue weighted by molar-refractivity contribution is 6.06. The topological polar surface area (TPSA) is 109 Å². The molecule has 2 aromatic rings. The molecule has 0 aliphatic heterocycles. The molecule has 2 N–H and O–H groups in total. The number of allylic oxidation sites excluding steroid dienone is 5. The van der Waals surface area contributed by atoms with Gasteiger partial charge in [0.2, 0.25) is 0 Å². The number of H-pyrrole nitrogens is 1. The largest absolute Gasteiger partial charge is 0.339 e. The highest BCUT2D eigenvalue weighted by atomic mass is 19.1. The number of nitrogens with zero attached hydrogens (tertiary/aromatic N) is 5. The molecule has 0 radical (unpaired) electrons. The Bertz CT molecular complexity index is 1030. The Kier molecular flexibility index (Phi) is 9.06. The molecule has 2 amide bonds. The Morgan fingerprint density at radius 3 is 2.72 bits per heavy atom. The molecule has 2 aromatic heterocycles. The Hall–Kier alpha value is -3.56. The van der Waals surface area contributed by atoms with Gasteiger partial charge in [-0.1, -0.05) is 32.1 Å². The number of aromatic nitrogens is 5. The van der Waals surface area contributed by atoms with Crippen LogP contribution in [0.4, 0.5) is 4.39 Å². The fraction of sp³-hybridized carbons (Fsp3) is 0.409. The molecule has 10 heteroatoms. The monoisotopic (exact) mass is 443 g/mol. The van der Waals surface area contributed by atoms with Crippen LogP contribution in [-0.2, 0) is 7.05 Å². The van der Waals surface area contributed by atoms with E-state index in [0.717, 1.165) is 12.0 Å². The van der Waals surface area contributed by atoms with Gasteiger partial charge in [0.1, 0.15) is 12.4 Å². The smallest absolute Gasteiger partial charge is 0.274 e. The van der Waals surface area contributed by atoms with Crippen molar-refractivity contribution in [3.05, 3.63) is 53.0 Å². The molecular weight excluding hydrogens is 413 g/mol. The van der Waals surface area contributed by atoms with E-state index in [1.807, 2.05) is 39.0 Å². The molecule has 0 spiro atoms. The number of alkyl halides is 1. The Morgan fingerprint density at radius 2 is 2.09 bits per heavy atom. The van der Waals surface area contributed by atoms with Gasteiger partial charge in [-0.15, -0.1) is 0 Å². The molecule has 0 aromatic carbocycles. The average molecular weight is 444 g/mol. The summed E-state index contributed by atoms with van der Waals surface area (Å²) in [6, 6.07) is 0. The summed E-state index contributed by atoms with van der Waals surface area (Å²) in [5.41, 5.74) is 1.61. The fourth-order valence-corrected chi connectivity index (χ4v) is 2.92. The minimum atomic E-state index is -0.673. The van der Waals surface area contributed by atoms with E-state index >= 15 is 0 Å². The Balaban J connectivity index is 2.27. The minimum Gasteiger partial charge on any atom is -0.339 e. The van der Waals surface area contributed by atoms with Gasteiger partial charge in [0, 0.05) is 38.0 Å². The number of halogens is 1. The SMILES string of the molecule is C/C=C\C(=C/CC)c1nc(/C=C(\CC)NC(=O)c2[nH]ncc2C(=O)N(C)CCF)n(C)n1. The lowest BCUT2D eigenvalue weighted by Gasteiger charge is -2.15. The van der Waals surface area contributed by atoms with Gasteiger partial charge in [-0.2, -0.15) is 10.2 Å². The number of hydrogen-bond acceptors (Lipinski definition) is 5. The van der Waals surface area contributed by atoms with Gasteiger partial charge in [0.25, 0.3) is 11.8 Å². The first-order valence-electron chi connectivity index (χ1n) is 10.5. The van der Waals surface area contributed by atoms with Crippen molar-refractivity contribution in [2.45, 2.75) is 33.6 Å². The van der Waals surface area contributed by atoms with Gasteiger partial charge < -0.3 is 10.2 Å². The van der Waals surface area contributed by atoms with E-state index in [0.29, 0.717) is 23.8 Å². The first kappa shape index (κ1) is 24.7. The molecule has 0 saturated carbocycles. The molecule has 2 heterocycles. The molecule has 0 unspecified atom stereocenters. The van der Waals surface area contributed by atoms with Gasteiger partial charge >= 0.3 is 0 Å². The molecule has 0 aliphatic rings. The zero-order chi connectivity index (χ0) is 23.7. The maximum absolute atomic E-state index is 12.8. The standard InChI is InChI=1S/C22H30FN7O2/c1-6-9-15(10-7-2)20-26-18(30(5)28-20)13-16(8-3)25-21(31)19-17(14-24-27-19)22(32)29(4)12-11-23/h6,9-10,13-14H,7-8,11-12H2,1-5H3,(H,24,27)(H,25,31)/b9-6-,15-10+,16-13+. The van der Waals surface area contributed by atoms with Gasteiger partial charge in [0.05, 0.1) is 11.8 Å². The second-order valence-corrected chi connectivity index (χ2v) is 7.04. The normalized spacial score (nSPS) is 12.4. The lowest BCUT2D eigenvalue weighted by Crippen LogP contribution is -2.31. The van der Waals surface area contributed by atoms with E-state index in [1.165, 1.54) is 18.1 Å². The van der Waals surface area contributed by atoms with Crippen LogP contribution >= 0.6 is 0 Å². The molecule has 0 aliphatic carbocycles. The summed E-state index contributed by atoms with van der Waals surface area (Å²) in [5, 5.41) is 13.6. The third-order valence-corrected chi connectivity index (χ3v) is 4.65. The fourth-order valence-electron chi connectivity index (χ4n) is 2.92. The number of aryl methyl sites for hydroxylation is 1. The molecule has 172 valence electrons. The van der Waals surface area contributed by atoms with E-state index in [9.17, 15) is 14.0 Å². The minimum absolute atomic E-state index is 0.0139. The van der Waals surface area contributed by atoms with Crippen LogP contribution < -0.4 is 5.32 Å². The van der Waals surface area contributed by atoms with E-state index in [2.05, 4.69) is 25.6 Å². The third-order valence-electron chi connectivity index (χ3n) is 4.65. The molecule has 9 nitrogen and oxygen atoms in total. The van der Waals surface area contributed by atoms with Gasteiger partial charge in [-0.25, -0.2) is 14.1 Å². The molecule has 0 saturated heterocycles. The second-order valence-electron chi connectivity index (χ2n) is 7.04. The Labute approximate surface area is 187 Å². The first-order chi connectivity index (χ1) is 15.4. The zero-order valence-electron chi connectivity index (χ0n) is 19.1. The van der Waals surface area contributed by atoms with Crippen LogP contribution in [-0.4, -0.2) is 61.9 Å². The Morgan fingerprint density at radius 1 is 1.34 bits per heavy atom. The molecule has 32 heavy (non-hydrogen) atoms. The van der Waals surface area contributed by atoms with Crippen LogP contribution in [0.1, 0.15) is 66.1 Å². The van der Waals surface area contributed by atoms with Crippen molar-refractivity contribution >= 4 is 23.5 Å². The summed E-state index contributed by atoms with van der Waals surface area (Å²) >= 11 is 0. The highest BCUT2D eigenvalue weighted by Crippen LogP contribution is 2.16. The first-order valence-corrected chi connectivity index (χ1v) is 10.5. The van der Waals surface area contributed by atoms with Crippen molar-refractivity contribution in [3.8, 4) is 0 Å². The lowest BCUT2D eigenvalue weighted by molar-refractivity contribution is 0.0779. The quantitative estimate of drug-likeness (QED) is 0.549. The lowest BCUT2D eigenvalue weighted by atomic mass is 10.2. The maximum atomic E-state index is 12.8. The molecule has 2 rings (SSSR count). The van der Waals surface area contributed by atoms with E-state index < -0.39 is 18.5 Å². The highest BCUT2D eigenvalue weighted by Gasteiger charge is 2.22. The number of nitrogens with one attached hydrogen (secondary N) is 2. The van der Waals surface area contributed by atoms with Crippen LogP contribution in [0.5, 0.6) is 0 Å². The van der Waals surface area contributed by atoms with Crippen LogP contribution in [0.25, 0.3) is 11.6 Å². The van der Waals surface area contributed by atoms with Crippen LogP contribution in [0.2, 0.25) is 0 Å². The van der Waals surface area contributed by atoms with E-state index in [1.54, 1.807) is 17.8 Å². The number of amides is 2. The summed E-state index contributed by atoms with van der Waals surface area (Å²) in [7, 11) is 3.25. The zero-order valence-corrected chi connectivity index (χ0v) is 19.1. The predicted octanol–water partition coefficient (Wildman–Crippen LogP) is 3.13. The third kappa shape index (κ3) is 5.99. The summed E-state index contributed by atoms with van der Waals surface area (Å²) in [4.78, 5) is 31.1. The van der Waals surface area contributed by atoms with Crippen LogP contribution in [0.3, 0.4) is 0 Å². The van der Waals surface area contributed by atoms with Gasteiger partial charge in [-0.05, 0) is 19.8 Å². The second kappa shape index (κ2) is 11.7. The number of hydrogen-bond donors (Lipinski definition) is 2. The average Bonchev–Trinajstić information content (AvgIpc) is 3.40. The van der Waals surface area contributed by atoms with E-state index in [-0.39, 0.29) is 17.8 Å². The van der Waals surface area contributed by atoms with Crippen molar-refractivity contribution in [1.29, 1.82) is 0 Å². The van der Waals surface area contributed by atoms with Crippen LogP contribution in [0, 0.1) is 0 Å². The van der Waals surface area contributed by atoms with Gasteiger partial charge in [0.15, 0.2) is 11.6 Å². The van der Waals surface area contributed by atoms with Gasteiger partial charge in [-0.3, -0.25) is 14.7 Å². The van der Waals surface area contributed by atoms with Crippen molar-refractivity contribution in [3.63, 3.8) is 0 Å². The number of rotatable bonds is 10. The molecule has 0 fully saturated rings. The molecular formula is C22H30FN7O2.